The lowest BCUT2D eigenvalue weighted by Crippen LogP contribution is -2.44. The van der Waals surface area contributed by atoms with Gasteiger partial charge in [-0.15, -0.1) is 0 Å². The van der Waals surface area contributed by atoms with Gasteiger partial charge in [0.15, 0.2) is 0 Å². The van der Waals surface area contributed by atoms with Crippen LogP contribution in [-0.2, 0) is 0 Å². The summed E-state index contributed by atoms with van der Waals surface area (Å²) in [5.74, 6) is -1.19. The molecular formula is C16H23F2N3O2. The van der Waals surface area contributed by atoms with Gasteiger partial charge in [-0.3, -0.25) is 0 Å². The van der Waals surface area contributed by atoms with Crippen LogP contribution in [-0.4, -0.2) is 54.9 Å². The second-order valence-electron chi connectivity index (χ2n) is 6.04. The van der Waals surface area contributed by atoms with Crippen molar-refractivity contribution in [3.05, 3.63) is 29.8 Å². The monoisotopic (exact) mass is 327 g/mol. The molecule has 1 aromatic rings. The Bertz CT molecular complexity index is 554. The molecule has 1 saturated heterocycles. The van der Waals surface area contributed by atoms with Gasteiger partial charge in [0.1, 0.15) is 11.6 Å². The maximum atomic E-state index is 13.8. The number of rotatable bonds is 5. The largest absolute Gasteiger partial charge is 0.393 e. The Morgan fingerprint density at radius 1 is 1.52 bits per heavy atom. The van der Waals surface area contributed by atoms with Gasteiger partial charge in [-0.2, -0.15) is 0 Å². The van der Waals surface area contributed by atoms with Crippen LogP contribution >= 0.6 is 0 Å². The number of carbonyl (C=O) groups is 1. The number of nitrogens with one attached hydrogen (secondary N) is 1. The summed E-state index contributed by atoms with van der Waals surface area (Å²) in [5.41, 5.74) is 0.352. The predicted octanol–water partition coefficient (Wildman–Crippen LogP) is 1.96. The minimum absolute atomic E-state index is 0.0825. The molecule has 1 aliphatic heterocycles. The summed E-state index contributed by atoms with van der Waals surface area (Å²) in [4.78, 5) is 15.4. The van der Waals surface area contributed by atoms with Crippen molar-refractivity contribution in [2.24, 2.45) is 0 Å². The molecule has 0 spiro atoms. The maximum Gasteiger partial charge on any atom is 0.317 e. The average molecular weight is 327 g/mol. The Morgan fingerprint density at radius 3 is 2.91 bits per heavy atom. The maximum absolute atomic E-state index is 13.8. The van der Waals surface area contributed by atoms with Gasteiger partial charge in [-0.25, -0.2) is 13.6 Å². The molecule has 2 atom stereocenters. The van der Waals surface area contributed by atoms with Gasteiger partial charge < -0.3 is 20.2 Å². The number of amides is 2. The number of carbonyl (C=O) groups excluding carboxylic acids is 1. The van der Waals surface area contributed by atoms with Gasteiger partial charge in [0.2, 0.25) is 0 Å². The molecule has 5 nitrogen and oxygen atoms in total. The molecule has 0 radical (unpaired) electrons. The van der Waals surface area contributed by atoms with Crippen LogP contribution in [0.2, 0.25) is 0 Å². The van der Waals surface area contributed by atoms with E-state index < -0.39 is 17.7 Å². The zero-order valence-corrected chi connectivity index (χ0v) is 13.4. The summed E-state index contributed by atoms with van der Waals surface area (Å²) < 4.78 is 26.8. The molecule has 2 rings (SSSR count). The van der Waals surface area contributed by atoms with Crippen LogP contribution in [0.1, 0.15) is 19.8 Å². The van der Waals surface area contributed by atoms with Crippen LogP contribution < -0.4 is 10.2 Å². The smallest absolute Gasteiger partial charge is 0.317 e. The Kier molecular flexibility index (Phi) is 5.76. The summed E-state index contributed by atoms with van der Waals surface area (Å²) in [6, 6.07) is 3.22. The van der Waals surface area contributed by atoms with Crippen molar-refractivity contribution in [2.45, 2.75) is 31.9 Å². The van der Waals surface area contributed by atoms with E-state index in [1.807, 2.05) is 0 Å². The zero-order valence-electron chi connectivity index (χ0n) is 13.4. The number of hydrogen-bond donors (Lipinski definition) is 2. The molecule has 2 amide bonds. The molecule has 23 heavy (non-hydrogen) atoms. The summed E-state index contributed by atoms with van der Waals surface area (Å²) in [6.07, 6.45) is 0.766. The normalized spacial score (nSPS) is 18.8. The molecule has 1 aliphatic rings. The standard InChI is InChI=1S/C16H23F2N3O2/c1-11(22)5-7-20(2)16(23)19-13-6-8-21(10-13)15-4-3-12(17)9-14(15)18/h3-4,9,11,13,22H,5-8,10H2,1-2H3,(H,19,23). The molecule has 0 bridgehead atoms. The molecule has 0 aromatic heterocycles. The molecule has 2 unspecified atom stereocenters. The number of aliphatic hydroxyl groups is 1. The Balaban J connectivity index is 1.86. The van der Waals surface area contributed by atoms with Crippen LogP contribution in [0.5, 0.6) is 0 Å². The van der Waals surface area contributed by atoms with E-state index in [1.165, 1.54) is 17.0 Å². The average Bonchev–Trinajstić information content (AvgIpc) is 2.92. The molecule has 128 valence electrons. The molecule has 0 aliphatic carbocycles. The van der Waals surface area contributed by atoms with Crippen LogP contribution in [0.25, 0.3) is 0 Å². The second kappa shape index (κ2) is 7.59. The number of benzene rings is 1. The van der Waals surface area contributed by atoms with Gasteiger partial charge >= 0.3 is 6.03 Å². The first-order valence-electron chi connectivity index (χ1n) is 7.76. The van der Waals surface area contributed by atoms with Crippen molar-refractivity contribution in [3.8, 4) is 0 Å². The van der Waals surface area contributed by atoms with Crippen molar-refractivity contribution >= 4 is 11.7 Å². The van der Waals surface area contributed by atoms with E-state index in [-0.39, 0.29) is 12.1 Å². The predicted molar refractivity (Wildman–Crippen MR) is 84.4 cm³/mol. The third-order valence-corrected chi connectivity index (χ3v) is 4.00. The fourth-order valence-corrected chi connectivity index (χ4v) is 2.60. The third kappa shape index (κ3) is 4.79. The number of anilines is 1. The van der Waals surface area contributed by atoms with E-state index >= 15 is 0 Å². The van der Waals surface area contributed by atoms with Gasteiger partial charge in [-0.05, 0) is 31.9 Å². The van der Waals surface area contributed by atoms with Gasteiger partial charge in [0.05, 0.1) is 11.8 Å². The van der Waals surface area contributed by atoms with Crippen LogP contribution in [0.4, 0.5) is 19.3 Å². The molecular weight excluding hydrogens is 304 g/mol. The lowest BCUT2D eigenvalue weighted by atomic mass is 10.2. The lowest BCUT2D eigenvalue weighted by Gasteiger charge is -2.23. The van der Waals surface area contributed by atoms with Gasteiger partial charge in [-0.1, -0.05) is 0 Å². The van der Waals surface area contributed by atoms with Crippen LogP contribution in [0.3, 0.4) is 0 Å². The second-order valence-corrected chi connectivity index (χ2v) is 6.04. The summed E-state index contributed by atoms with van der Waals surface area (Å²) in [5, 5.41) is 12.1. The molecule has 1 aromatic carbocycles. The number of urea groups is 1. The highest BCUT2D eigenvalue weighted by atomic mass is 19.1. The fourth-order valence-electron chi connectivity index (χ4n) is 2.60. The van der Waals surface area contributed by atoms with Crippen LogP contribution in [0, 0.1) is 11.6 Å². The Hall–Kier alpha value is -1.89. The highest BCUT2D eigenvalue weighted by molar-refractivity contribution is 5.74. The topological polar surface area (TPSA) is 55.8 Å². The molecule has 2 N–H and O–H groups in total. The first-order valence-corrected chi connectivity index (χ1v) is 7.76. The fraction of sp³-hybridized carbons (Fsp3) is 0.562. The first kappa shape index (κ1) is 17.5. The number of hydrogen-bond acceptors (Lipinski definition) is 3. The Labute approximate surface area is 134 Å². The quantitative estimate of drug-likeness (QED) is 0.869. The zero-order chi connectivity index (χ0) is 17.0. The third-order valence-electron chi connectivity index (χ3n) is 4.00. The molecule has 1 fully saturated rings. The summed E-state index contributed by atoms with van der Waals surface area (Å²) in [6.45, 7) is 3.23. The lowest BCUT2D eigenvalue weighted by molar-refractivity contribution is 0.162. The van der Waals surface area contributed by atoms with E-state index in [0.29, 0.717) is 38.2 Å². The Morgan fingerprint density at radius 2 is 2.26 bits per heavy atom. The van der Waals surface area contributed by atoms with E-state index in [9.17, 15) is 18.7 Å². The first-order chi connectivity index (χ1) is 10.9. The summed E-state index contributed by atoms with van der Waals surface area (Å²) in [7, 11) is 1.67. The van der Waals surface area contributed by atoms with Crippen molar-refractivity contribution in [1.29, 1.82) is 0 Å². The van der Waals surface area contributed by atoms with Gasteiger partial charge in [0, 0.05) is 38.8 Å². The SMILES string of the molecule is CC(O)CCN(C)C(=O)NC1CCN(c2ccc(F)cc2F)C1. The minimum atomic E-state index is -0.602. The van der Waals surface area contributed by atoms with E-state index in [0.717, 1.165) is 6.07 Å². The highest BCUT2D eigenvalue weighted by Crippen LogP contribution is 2.24. The van der Waals surface area contributed by atoms with Crippen LogP contribution in [0.15, 0.2) is 18.2 Å². The van der Waals surface area contributed by atoms with E-state index in [1.54, 1.807) is 18.9 Å². The molecule has 0 saturated carbocycles. The van der Waals surface area contributed by atoms with Crippen molar-refractivity contribution < 1.29 is 18.7 Å². The van der Waals surface area contributed by atoms with Crippen molar-refractivity contribution in [2.75, 3.05) is 31.6 Å². The van der Waals surface area contributed by atoms with Gasteiger partial charge in [0.25, 0.3) is 0 Å². The molecule has 7 heteroatoms. The number of aliphatic hydroxyl groups excluding tert-OH is 1. The van der Waals surface area contributed by atoms with E-state index in [2.05, 4.69) is 5.32 Å². The highest BCUT2D eigenvalue weighted by Gasteiger charge is 2.26. The van der Waals surface area contributed by atoms with Crippen molar-refractivity contribution in [1.82, 2.24) is 10.2 Å². The van der Waals surface area contributed by atoms with Crippen molar-refractivity contribution in [3.63, 3.8) is 0 Å². The summed E-state index contributed by atoms with van der Waals surface area (Å²) >= 11 is 0. The number of halogens is 2. The molecule has 1 heterocycles. The van der Waals surface area contributed by atoms with E-state index in [4.69, 9.17) is 0 Å². The number of nitrogens with zero attached hydrogens (tertiary/aromatic N) is 2. The minimum Gasteiger partial charge on any atom is -0.393 e.